The van der Waals surface area contributed by atoms with Crippen molar-refractivity contribution in [1.82, 2.24) is 4.90 Å². The molecule has 5 heteroatoms. The van der Waals surface area contributed by atoms with Gasteiger partial charge in [0.15, 0.2) is 0 Å². The van der Waals surface area contributed by atoms with Crippen LogP contribution in [0.15, 0.2) is 66.7 Å². The Kier molecular flexibility index (Phi) is 6.38. The fraction of sp³-hybridized carbons (Fsp3) is 0.310. The van der Waals surface area contributed by atoms with E-state index in [0.29, 0.717) is 6.61 Å². The molecule has 0 bridgehead atoms. The van der Waals surface area contributed by atoms with E-state index in [1.165, 1.54) is 12.1 Å². The highest BCUT2D eigenvalue weighted by molar-refractivity contribution is 5.95. The SMILES string of the molecule is CC1=C(c2ccc(F)cc2)C(c2ccc(OCCN3CC(CF)C3)cc2)Oc2cc(C)ccc21. The summed E-state index contributed by atoms with van der Waals surface area (Å²) < 4.78 is 38.7. The molecule has 0 saturated carbocycles. The number of alkyl halides is 1. The van der Waals surface area contributed by atoms with Gasteiger partial charge in [0, 0.05) is 36.7 Å². The smallest absolute Gasteiger partial charge is 0.150 e. The molecule has 5 rings (SSSR count). The fourth-order valence-electron chi connectivity index (χ4n) is 4.78. The highest BCUT2D eigenvalue weighted by atomic mass is 19.1. The maximum Gasteiger partial charge on any atom is 0.150 e. The van der Waals surface area contributed by atoms with Gasteiger partial charge in [-0.25, -0.2) is 4.39 Å². The van der Waals surface area contributed by atoms with Crippen LogP contribution >= 0.6 is 0 Å². The lowest BCUT2D eigenvalue weighted by Gasteiger charge is -2.37. The van der Waals surface area contributed by atoms with Gasteiger partial charge in [-0.1, -0.05) is 36.4 Å². The average molecular weight is 462 g/mol. The monoisotopic (exact) mass is 461 g/mol. The third-order valence-electron chi connectivity index (χ3n) is 6.72. The summed E-state index contributed by atoms with van der Waals surface area (Å²) in [4.78, 5) is 2.20. The van der Waals surface area contributed by atoms with E-state index in [1.54, 1.807) is 0 Å². The van der Waals surface area contributed by atoms with Crippen LogP contribution in [0.25, 0.3) is 11.1 Å². The second-order valence-corrected chi connectivity index (χ2v) is 9.24. The Morgan fingerprint density at radius 3 is 2.41 bits per heavy atom. The Morgan fingerprint density at radius 2 is 1.71 bits per heavy atom. The second kappa shape index (κ2) is 9.59. The van der Waals surface area contributed by atoms with Gasteiger partial charge in [0.2, 0.25) is 0 Å². The fourth-order valence-corrected chi connectivity index (χ4v) is 4.78. The highest BCUT2D eigenvalue weighted by Gasteiger charge is 2.29. The lowest BCUT2D eigenvalue weighted by atomic mass is 9.86. The zero-order chi connectivity index (χ0) is 23.7. The molecule has 1 atom stereocenters. The number of likely N-dealkylation sites (tertiary alicyclic amines) is 1. The van der Waals surface area contributed by atoms with Gasteiger partial charge in [-0.3, -0.25) is 9.29 Å². The van der Waals surface area contributed by atoms with Gasteiger partial charge in [-0.15, -0.1) is 0 Å². The standard InChI is InChI=1S/C29H29F2NO2/c1-19-3-12-26-20(2)28(22-4-8-24(31)9-5-22)29(34-27(26)15-19)23-6-10-25(11-7-23)33-14-13-32-17-21(16-30)18-32/h3-12,15,21,29H,13-14,16-18H2,1-2H3. The highest BCUT2D eigenvalue weighted by Crippen LogP contribution is 2.46. The molecule has 3 nitrogen and oxygen atoms in total. The Labute approximate surface area is 199 Å². The predicted octanol–water partition coefficient (Wildman–Crippen LogP) is 6.48. The Hall–Kier alpha value is -3.18. The van der Waals surface area contributed by atoms with Crippen LogP contribution in [0, 0.1) is 18.7 Å². The maximum atomic E-state index is 13.6. The Morgan fingerprint density at radius 1 is 0.971 bits per heavy atom. The van der Waals surface area contributed by atoms with Crippen molar-refractivity contribution in [2.75, 3.05) is 32.9 Å². The number of hydrogen-bond donors (Lipinski definition) is 0. The van der Waals surface area contributed by atoms with Crippen molar-refractivity contribution in [3.05, 3.63) is 94.8 Å². The van der Waals surface area contributed by atoms with Crippen LogP contribution in [0.5, 0.6) is 11.5 Å². The molecular formula is C29H29F2NO2. The van der Waals surface area contributed by atoms with Gasteiger partial charge in [0.05, 0.1) is 6.67 Å². The van der Waals surface area contributed by atoms with Crippen molar-refractivity contribution < 1.29 is 18.3 Å². The van der Waals surface area contributed by atoms with E-state index in [2.05, 4.69) is 36.9 Å². The summed E-state index contributed by atoms with van der Waals surface area (Å²) in [7, 11) is 0. The largest absolute Gasteiger partial charge is 0.492 e. The minimum Gasteiger partial charge on any atom is -0.492 e. The topological polar surface area (TPSA) is 21.7 Å². The van der Waals surface area contributed by atoms with Crippen LogP contribution in [0.3, 0.4) is 0 Å². The summed E-state index contributed by atoms with van der Waals surface area (Å²) in [5.74, 6) is 1.58. The van der Waals surface area contributed by atoms with Gasteiger partial charge in [0.1, 0.15) is 30.0 Å². The molecule has 0 spiro atoms. The molecule has 0 radical (unpaired) electrons. The Bertz CT molecular complexity index is 1180. The van der Waals surface area contributed by atoms with Crippen molar-refractivity contribution in [3.8, 4) is 11.5 Å². The van der Waals surface area contributed by atoms with Crippen LogP contribution in [0.2, 0.25) is 0 Å². The van der Waals surface area contributed by atoms with Gasteiger partial charge in [-0.05, 0) is 66.4 Å². The number of aryl methyl sites for hydroxylation is 1. The summed E-state index contributed by atoms with van der Waals surface area (Å²) in [5, 5.41) is 0. The van der Waals surface area contributed by atoms with Crippen LogP contribution in [0.4, 0.5) is 8.78 Å². The molecule has 3 aromatic carbocycles. The molecule has 1 saturated heterocycles. The first kappa shape index (κ1) is 22.6. The summed E-state index contributed by atoms with van der Waals surface area (Å²) in [5.41, 5.74) is 6.30. The quantitative estimate of drug-likeness (QED) is 0.402. The molecular weight excluding hydrogens is 432 g/mol. The predicted molar refractivity (Wildman–Crippen MR) is 131 cm³/mol. The molecule has 0 amide bonds. The molecule has 176 valence electrons. The summed E-state index contributed by atoms with van der Waals surface area (Å²) in [6.07, 6.45) is -0.312. The number of ether oxygens (including phenoxy) is 2. The molecule has 1 unspecified atom stereocenters. The number of fused-ring (bicyclic) bond motifs is 1. The summed E-state index contributed by atoms with van der Waals surface area (Å²) >= 11 is 0. The van der Waals surface area contributed by atoms with Crippen molar-refractivity contribution in [2.24, 2.45) is 5.92 Å². The molecule has 1 fully saturated rings. The number of hydrogen-bond acceptors (Lipinski definition) is 3. The van der Waals surface area contributed by atoms with Crippen LogP contribution < -0.4 is 9.47 Å². The third-order valence-corrected chi connectivity index (χ3v) is 6.72. The zero-order valence-corrected chi connectivity index (χ0v) is 19.6. The van der Waals surface area contributed by atoms with Crippen molar-refractivity contribution >= 4 is 11.1 Å². The number of benzene rings is 3. The van der Waals surface area contributed by atoms with Crippen molar-refractivity contribution in [3.63, 3.8) is 0 Å². The number of halogens is 2. The zero-order valence-electron chi connectivity index (χ0n) is 19.6. The van der Waals surface area contributed by atoms with E-state index in [9.17, 15) is 8.78 Å². The first-order chi connectivity index (χ1) is 16.5. The average Bonchev–Trinajstić information content (AvgIpc) is 2.81. The van der Waals surface area contributed by atoms with Crippen molar-refractivity contribution in [1.29, 1.82) is 0 Å². The van der Waals surface area contributed by atoms with Gasteiger partial charge in [-0.2, -0.15) is 0 Å². The van der Waals surface area contributed by atoms with E-state index >= 15 is 0 Å². The van der Waals surface area contributed by atoms with E-state index < -0.39 is 0 Å². The first-order valence-electron chi connectivity index (χ1n) is 11.8. The minimum absolute atomic E-state index is 0.190. The minimum atomic E-state index is -0.312. The van der Waals surface area contributed by atoms with Crippen LogP contribution in [0.1, 0.15) is 35.3 Å². The molecule has 2 aliphatic heterocycles. The maximum absolute atomic E-state index is 13.6. The first-order valence-corrected chi connectivity index (χ1v) is 11.8. The number of nitrogens with zero attached hydrogens (tertiary/aromatic N) is 1. The van der Waals surface area contributed by atoms with Gasteiger partial charge in [0.25, 0.3) is 0 Å². The molecule has 0 aliphatic carbocycles. The van der Waals surface area contributed by atoms with Gasteiger partial charge >= 0.3 is 0 Å². The normalized spacial score (nSPS) is 18.3. The van der Waals surface area contributed by atoms with Gasteiger partial charge < -0.3 is 9.47 Å². The Balaban J connectivity index is 1.37. The number of rotatable bonds is 7. The third kappa shape index (κ3) is 4.58. The summed E-state index contributed by atoms with van der Waals surface area (Å²) in [6.45, 7) is 6.93. The van der Waals surface area contributed by atoms with Crippen LogP contribution in [-0.4, -0.2) is 37.8 Å². The second-order valence-electron chi connectivity index (χ2n) is 9.24. The van der Waals surface area contributed by atoms with E-state index in [4.69, 9.17) is 9.47 Å². The number of allylic oxidation sites excluding steroid dienone is 1. The van der Waals surface area contributed by atoms with E-state index in [1.807, 2.05) is 36.4 Å². The lowest BCUT2D eigenvalue weighted by molar-refractivity contribution is 0.0668. The molecule has 34 heavy (non-hydrogen) atoms. The lowest BCUT2D eigenvalue weighted by Crippen LogP contribution is -2.49. The molecule has 0 aromatic heterocycles. The molecule has 3 aromatic rings. The summed E-state index contributed by atoms with van der Waals surface area (Å²) in [6, 6.07) is 20.8. The molecule has 2 aliphatic rings. The van der Waals surface area contributed by atoms with Crippen LogP contribution in [-0.2, 0) is 0 Å². The van der Waals surface area contributed by atoms with E-state index in [-0.39, 0.29) is 24.5 Å². The molecule has 0 N–H and O–H groups in total. The van der Waals surface area contributed by atoms with E-state index in [0.717, 1.165) is 64.5 Å². The van der Waals surface area contributed by atoms with Crippen molar-refractivity contribution in [2.45, 2.75) is 20.0 Å². The molecule has 2 heterocycles.